The minimum atomic E-state index is -4.34. The summed E-state index contributed by atoms with van der Waals surface area (Å²) in [6.07, 6.45) is -3.50. The van der Waals surface area contributed by atoms with Gasteiger partial charge >= 0.3 is 6.18 Å². The summed E-state index contributed by atoms with van der Waals surface area (Å²) in [6.45, 7) is 0.477. The van der Waals surface area contributed by atoms with Gasteiger partial charge in [0.05, 0.1) is 6.61 Å². The fraction of sp³-hybridized carbons (Fsp3) is 0.462. The second-order valence-electron chi connectivity index (χ2n) is 3.89. The molecule has 0 aliphatic carbocycles. The molecule has 0 heterocycles. The Morgan fingerprint density at radius 3 is 2.33 bits per heavy atom. The number of Topliss-reactive ketones (excluding diaryl/α,β-unsaturated/α-hetero) is 1. The Hall–Kier alpha value is -1.36. The summed E-state index contributed by atoms with van der Waals surface area (Å²) in [5, 5.41) is 0. The van der Waals surface area contributed by atoms with Gasteiger partial charge in [0, 0.05) is 12.0 Å². The first kappa shape index (κ1) is 14.7. The van der Waals surface area contributed by atoms with Crippen LogP contribution in [0.15, 0.2) is 24.3 Å². The molecule has 0 bridgehead atoms. The van der Waals surface area contributed by atoms with E-state index in [1.807, 2.05) is 19.1 Å². The summed E-state index contributed by atoms with van der Waals surface area (Å²) in [6, 6.07) is 7.05. The number of aryl methyl sites for hydroxylation is 1. The minimum Gasteiger partial charge on any atom is -0.372 e. The third kappa shape index (κ3) is 5.31. The first-order valence-electron chi connectivity index (χ1n) is 5.69. The van der Waals surface area contributed by atoms with Gasteiger partial charge < -0.3 is 4.74 Å². The van der Waals surface area contributed by atoms with Crippen molar-refractivity contribution in [2.24, 2.45) is 0 Å². The predicted molar refractivity (Wildman–Crippen MR) is 61.6 cm³/mol. The van der Waals surface area contributed by atoms with Crippen molar-refractivity contribution in [3.63, 3.8) is 0 Å². The second kappa shape index (κ2) is 6.54. The molecule has 0 N–H and O–H groups in total. The molecule has 18 heavy (non-hydrogen) atoms. The van der Waals surface area contributed by atoms with E-state index in [9.17, 15) is 18.0 Å². The molecule has 0 aromatic heterocycles. The van der Waals surface area contributed by atoms with Crippen LogP contribution < -0.4 is 0 Å². The maximum Gasteiger partial charge on any atom is 0.411 e. The molecule has 0 aliphatic heterocycles. The lowest BCUT2D eigenvalue weighted by atomic mass is 10.1. The quantitative estimate of drug-likeness (QED) is 0.579. The number of rotatable bonds is 6. The number of carbonyl (C=O) groups is 1. The summed E-state index contributed by atoms with van der Waals surface area (Å²) in [4.78, 5) is 11.6. The first-order chi connectivity index (χ1) is 8.42. The number of alkyl halides is 3. The zero-order valence-corrected chi connectivity index (χ0v) is 10.1. The highest BCUT2D eigenvalue weighted by Crippen LogP contribution is 2.14. The van der Waals surface area contributed by atoms with Crippen LogP contribution >= 0.6 is 0 Å². The fourth-order valence-corrected chi connectivity index (χ4v) is 1.42. The van der Waals surface area contributed by atoms with E-state index in [0.717, 1.165) is 12.0 Å². The Balaban J connectivity index is 2.36. The number of hydrogen-bond acceptors (Lipinski definition) is 2. The van der Waals surface area contributed by atoms with Crippen LogP contribution in [0, 0.1) is 0 Å². The lowest BCUT2D eigenvalue weighted by molar-refractivity contribution is -0.173. The normalized spacial score (nSPS) is 11.6. The van der Waals surface area contributed by atoms with Gasteiger partial charge in [-0.1, -0.05) is 31.2 Å². The van der Waals surface area contributed by atoms with E-state index in [1.165, 1.54) is 0 Å². The third-order valence-corrected chi connectivity index (χ3v) is 2.42. The Morgan fingerprint density at radius 1 is 1.22 bits per heavy atom. The zero-order valence-electron chi connectivity index (χ0n) is 10.1. The molecule has 0 fully saturated rings. The highest BCUT2D eigenvalue weighted by atomic mass is 19.4. The van der Waals surface area contributed by atoms with Gasteiger partial charge in [-0.15, -0.1) is 0 Å². The summed E-state index contributed by atoms with van der Waals surface area (Å²) in [5.41, 5.74) is 1.61. The Kier molecular flexibility index (Phi) is 5.34. The molecule has 1 rings (SSSR count). The Labute approximate surface area is 104 Å². The summed E-state index contributed by atoms with van der Waals surface area (Å²) in [5.74, 6) is -0.208. The van der Waals surface area contributed by atoms with Gasteiger partial charge in [-0.3, -0.25) is 4.79 Å². The molecule has 5 heteroatoms. The molecule has 0 amide bonds. The molecule has 100 valence electrons. The highest BCUT2D eigenvalue weighted by Gasteiger charge is 2.27. The lowest BCUT2D eigenvalue weighted by Gasteiger charge is -2.07. The van der Waals surface area contributed by atoms with Crippen molar-refractivity contribution in [2.75, 3.05) is 13.2 Å². The molecule has 0 aliphatic rings. The Bertz CT molecular complexity index is 382. The van der Waals surface area contributed by atoms with Crippen LogP contribution in [0.25, 0.3) is 0 Å². The smallest absolute Gasteiger partial charge is 0.372 e. The van der Waals surface area contributed by atoms with Crippen LogP contribution in [-0.2, 0) is 11.2 Å². The number of halogens is 3. The van der Waals surface area contributed by atoms with Gasteiger partial charge in [0.1, 0.15) is 6.61 Å². The first-order valence-corrected chi connectivity index (χ1v) is 5.69. The second-order valence-corrected chi connectivity index (χ2v) is 3.89. The molecule has 0 atom stereocenters. The van der Waals surface area contributed by atoms with E-state index in [2.05, 4.69) is 4.74 Å². The number of hydrogen-bond donors (Lipinski definition) is 0. The third-order valence-electron chi connectivity index (χ3n) is 2.42. The molecule has 1 aromatic rings. The van der Waals surface area contributed by atoms with Gasteiger partial charge in [-0.25, -0.2) is 0 Å². The van der Waals surface area contributed by atoms with E-state index < -0.39 is 12.8 Å². The van der Waals surface area contributed by atoms with Crippen LogP contribution in [-0.4, -0.2) is 25.2 Å². The largest absolute Gasteiger partial charge is 0.411 e. The minimum absolute atomic E-state index is 0.0401. The van der Waals surface area contributed by atoms with Crippen LogP contribution in [0.4, 0.5) is 13.2 Å². The van der Waals surface area contributed by atoms with Crippen molar-refractivity contribution in [1.82, 2.24) is 0 Å². The van der Waals surface area contributed by atoms with Crippen molar-refractivity contribution >= 4 is 5.78 Å². The van der Waals surface area contributed by atoms with Crippen LogP contribution in [0.5, 0.6) is 0 Å². The van der Waals surface area contributed by atoms with Gasteiger partial charge in [-0.2, -0.15) is 13.2 Å². The van der Waals surface area contributed by atoms with E-state index in [4.69, 9.17) is 0 Å². The van der Waals surface area contributed by atoms with E-state index in [0.29, 0.717) is 5.56 Å². The van der Waals surface area contributed by atoms with Crippen molar-refractivity contribution in [3.8, 4) is 0 Å². The van der Waals surface area contributed by atoms with Crippen molar-refractivity contribution in [1.29, 1.82) is 0 Å². The van der Waals surface area contributed by atoms with Crippen molar-refractivity contribution < 1.29 is 22.7 Å². The maximum atomic E-state index is 11.8. The maximum absolute atomic E-state index is 11.8. The van der Waals surface area contributed by atoms with Crippen LogP contribution in [0.3, 0.4) is 0 Å². The SMILES string of the molecule is CCc1ccc(C(=O)CCOCC(F)(F)F)cc1. The number of benzene rings is 1. The van der Waals surface area contributed by atoms with Gasteiger partial charge in [0.25, 0.3) is 0 Å². The van der Waals surface area contributed by atoms with Gasteiger partial charge in [0.15, 0.2) is 5.78 Å². The standard InChI is InChI=1S/C13H15F3O2/c1-2-10-3-5-11(6-4-10)12(17)7-8-18-9-13(14,15)16/h3-6H,2,7-9H2,1H3. The molecular weight excluding hydrogens is 245 g/mol. The topological polar surface area (TPSA) is 26.3 Å². The van der Waals surface area contributed by atoms with E-state index in [1.54, 1.807) is 12.1 Å². The number of ketones is 1. The molecule has 1 aromatic carbocycles. The summed E-state index contributed by atoms with van der Waals surface area (Å²) in [7, 11) is 0. The number of ether oxygens (including phenoxy) is 1. The lowest BCUT2D eigenvalue weighted by Crippen LogP contribution is -2.18. The molecule has 0 radical (unpaired) electrons. The summed E-state index contributed by atoms with van der Waals surface area (Å²) >= 11 is 0. The van der Waals surface area contributed by atoms with Crippen LogP contribution in [0.1, 0.15) is 29.3 Å². The molecule has 0 saturated heterocycles. The molecule has 0 unspecified atom stereocenters. The van der Waals surface area contributed by atoms with Crippen LogP contribution in [0.2, 0.25) is 0 Å². The molecule has 0 spiro atoms. The number of carbonyl (C=O) groups excluding carboxylic acids is 1. The Morgan fingerprint density at radius 2 is 1.83 bits per heavy atom. The molecule has 0 saturated carbocycles. The van der Waals surface area contributed by atoms with Crippen molar-refractivity contribution in [2.45, 2.75) is 25.9 Å². The van der Waals surface area contributed by atoms with Gasteiger partial charge in [-0.05, 0) is 12.0 Å². The fourth-order valence-electron chi connectivity index (χ4n) is 1.42. The molecule has 2 nitrogen and oxygen atoms in total. The highest BCUT2D eigenvalue weighted by molar-refractivity contribution is 5.96. The van der Waals surface area contributed by atoms with E-state index >= 15 is 0 Å². The monoisotopic (exact) mass is 260 g/mol. The molecular formula is C13H15F3O2. The predicted octanol–water partition coefficient (Wildman–Crippen LogP) is 3.40. The van der Waals surface area contributed by atoms with E-state index in [-0.39, 0.29) is 18.8 Å². The zero-order chi connectivity index (χ0) is 13.6. The van der Waals surface area contributed by atoms with Gasteiger partial charge in [0.2, 0.25) is 0 Å². The van der Waals surface area contributed by atoms with Crippen molar-refractivity contribution in [3.05, 3.63) is 35.4 Å². The summed E-state index contributed by atoms with van der Waals surface area (Å²) < 4.78 is 39.7. The average Bonchev–Trinajstić information content (AvgIpc) is 2.33. The average molecular weight is 260 g/mol.